The zero-order valence-corrected chi connectivity index (χ0v) is 18.8. The maximum absolute atomic E-state index is 13.8. The number of hydrogen-bond acceptors (Lipinski definition) is 3. The minimum absolute atomic E-state index is 0.241. The largest absolute Gasteiger partial charge is 0.359 e. The van der Waals surface area contributed by atoms with E-state index in [0.29, 0.717) is 21.4 Å². The van der Waals surface area contributed by atoms with Crippen LogP contribution in [0.25, 0.3) is 0 Å². The van der Waals surface area contributed by atoms with Gasteiger partial charge in [-0.15, -0.1) is 0 Å². The average Bonchev–Trinajstić information content (AvgIpc) is 2.80. The molecule has 0 spiro atoms. The highest BCUT2D eigenvalue weighted by Crippen LogP contribution is 2.41. The van der Waals surface area contributed by atoms with E-state index in [1.54, 1.807) is 42.5 Å². The van der Waals surface area contributed by atoms with Gasteiger partial charge in [-0.25, -0.2) is 4.79 Å². The van der Waals surface area contributed by atoms with Crippen LogP contribution in [0.5, 0.6) is 0 Å². The van der Waals surface area contributed by atoms with E-state index in [9.17, 15) is 14.7 Å². The van der Waals surface area contributed by atoms with Crippen molar-refractivity contribution >= 4 is 39.2 Å². The van der Waals surface area contributed by atoms with Crippen molar-refractivity contribution in [3.8, 4) is 0 Å². The van der Waals surface area contributed by atoms with Gasteiger partial charge in [-0.3, -0.25) is 9.69 Å². The zero-order valence-electron chi connectivity index (χ0n) is 17.2. The molecule has 3 aromatic rings. The molecule has 0 saturated heterocycles. The number of anilines is 2. The summed E-state index contributed by atoms with van der Waals surface area (Å²) in [5, 5.41) is 17.8. The molecule has 0 radical (unpaired) electrons. The van der Waals surface area contributed by atoms with E-state index in [1.165, 1.54) is 5.56 Å². The van der Waals surface area contributed by atoms with Gasteiger partial charge in [0.2, 0.25) is 0 Å². The third-order valence-electron chi connectivity index (χ3n) is 6.13. The second kappa shape index (κ2) is 8.07. The topological polar surface area (TPSA) is 81.7 Å². The Labute approximate surface area is 194 Å². The summed E-state index contributed by atoms with van der Waals surface area (Å²) >= 11 is 3.43. The number of carbonyl (C=O) groups is 2. The first-order valence-corrected chi connectivity index (χ1v) is 11.3. The van der Waals surface area contributed by atoms with Crippen molar-refractivity contribution in [1.82, 2.24) is 5.32 Å². The number of amides is 3. The molecule has 1 aliphatic carbocycles. The molecule has 3 aromatic carbocycles. The molecule has 2 aliphatic rings. The van der Waals surface area contributed by atoms with E-state index in [0.717, 1.165) is 29.7 Å². The first-order chi connectivity index (χ1) is 15.5. The Morgan fingerprint density at radius 3 is 2.66 bits per heavy atom. The number of benzene rings is 3. The van der Waals surface area contributed by atoms with Crippen LogP contribution in [0.1, 0.15) is 35.6 Å². The first kappa shape index (κ1) is 20.7. The monoisotopic (exact) mass is 491 g/mol. The van der Waals surface area contributed by atoms with Gasteiger partial charge in [-0.2, -0.15) is 0 Å². The molecular weight excluding hydrogens is 470 g/mol. The molecule has 5 rings (SSSR count). The van der Waals surface area contributed by atoms with Crippen molar-refractivity contribution in [2.24, 2.45) is 0 Å². The standard InChI is InChI=1S/C25H22BrN3O3/c26-17-13-14-22-20(15-17)25(32,29(24(31)28-22)18-9-2-1-3-10-18)23(30)27-21-12-6-8-16-7-4-5-11-19(16)21/h1-5,7,9-11,13-15,21,32H,6,8,12H2,(H,27,30)(H,28,31)/t21-,25+/m1/s1. The molecule has 162 valence electrons. The molecule has 6 nitrogen and oxygen atoms in total. The van der Waals surface area contributed by atoms with E-state index in [1.807, 2.05) is 24.3 Å². The van der Waals surface area contributed by atoms with Gasteiger partial charge in [-0.05, 0) is 60.7 Å². The number of hydrogen-bond donors (Lipinski definition) is 3. The fourth-order valence-corrected chi connectivity index (χ4v) is 4.98. The quantitative estimate of drug-likeness (QED) is 0.490. The lowest BCUT2D eigenvalue weighted by Crippen LogP contribution is -2.63. The van der Waals surface area contributed by atoms with Crippen molar-refractivity contribution in [3.63, 3.8) is 0 Å². The van der Waals surface area contributed by atoms with Crippen LogP contribution >= 0.6 is 15.9 Å². The number of urea groups is 1. The Morgan fingerprint density at radius 1 is 1.09 bits per heavy atom. The highest BCUT2D eigenvalue weighted by Gasteiger charge is 2.52. The zero-order chi connectivity index (χ0) is 22.3. The Hall–Kier alpha value is -3.16. The van der Waals surface area contributed by atoms with Gasteiger partial charge in [0, 0.05) is 15.7 Å². The van der Waals surface area contributed by atoms with Crippen molar-refractivity contribution < 1.29 is 14.7 Å². The molecule has 3 N–H and O–H groups in total. The molecule has 0 bridgehead atoms. The molecule has 2 atom stereocenters. The van der Waals surface area contributed by atoms with Crippen LogP contribution in [-0.2, 0) is 16.9 Å². The van der Waals surface area contributed by atoms with Crippen LogP contribution in [-0.4, -0.2) is 17.0 Å². The molecule has 1 aliphatic heterocycles. The molecule has 0 aromatic heterocycles. The molecule has 0 saturated carbocycles. The summed E-state index contributed by atoms with van der Waals surface area (Å²) in [5.41, 5.74) is 1.13. The van der Waals surface area contributed by atoms with Crippen LogP contribution < -0.4 is 15.5 Å². The summed E-state index contributed by atoms with van der Waals surface area (Å²) in [7, 11) is 0. The third kappa shape index (κ3) is 3.38. The van der Waals surface area contributed by atoms with Crippen LogP contribution in [0.2, 0.25) is 0 Å². The van der Waals surface area contributed by atoms with Crippen molar-refractivity contribution in [3.05, 3.63) is 94.0 Å². The van der Waals surface area contributed by atoms with Gasteiger partial charge < -0.3 is 15.7 Å². The van der Waals surface area contributed by atoms with Gasteiger partial charge in [0.25, 0.3) is 11.6 Å². The second-order valence-electron chi connectivity index (χ2n) is 8.08. The Kier molecular flexibility index (Phi) is 5.23. The summed E-state index contributed by atoms with van der Waals surface area (Å²) in [6.07, 6.45) is 2.66. The minimum atomic E-state index is -2.23. The first-order valence-electron chi connectivity index (χ1n) is 10.6. The van der Waals surface area contributed by atoms with Gasteiger partial charge >= 0.3 is 6.03 Å². The number of para-hydroxylation sites is 1. The van der Waals surface area contributed by atoms with E-state index in [4.69, 9.17) is 0 Å². The SMILES string of the molecule is O=C1Nc2ccc(Br)cc2[C@](O)(C(=O)N[C@@H]2CCCc3ccccc32)N1c1ccccc1. The summed E-state index contributed by atoms with van der Waals surface area (Å²) in [6, 6.07) is 21.0. The van der Waals surface area contributed by atoms with Crippen LogP contribution in [0, 0.1) is 0 Å². The lowest BCUT2D eigenvalue weighted by molar-refractivity contribution is -0.141. The van der Waals surface area contributed by atoms with Gasteiger partial charge in [0.1, 0.15) is 0 Å². The van der Waals surface area contributed by atoms with Gasteiger partial charge in [0.15, 0.2) is 0 Å². The van der Waals surface area contributed by atoms with Gasteiger partial charge in [-0.1, -0.05) is 58.4 Å². The number of halogens is 1. The molecule has 1 heterocycles. The number of carbonyl (C=O) groups excluding carboxylic acids is 2. The smallest absolute Gasteiger partial charge is 0.329 e. The maximum Gasteiger partial charge on any atom is 0.329 e. The molecule has 0 fully saturated rings. The summed E-state index contributed by atoms with van der Waals surface area (Å²) < 4.78 is 0.689. The van der Waals surface area contributed by atoms with Crippen LogP contribution in [0.3, 0.4) is 0 Å². The predicted octanol–water partition coefficient (Wildman–Crippen LogP) is 4.84. The minimum Gasteiger partial charge on any atom is -0.359 e. The number of rotatable bonds is 3. The van der Waals surface area contributed by atoms with E-state index in [-0.39, 0.29) is 6.04 Å². The summed E-state index contributed by atoms with van der Waals surface area (Å²) in [4.78, 5) is 28.0. The maximum atomic E-state index is 13.8. The third-order valence-corrected chi connectivity index (χ3v) is 6.62. The van der Waals surface area contributed by atoms with Crippen molar-refractivity contribution in [2.45, 2.75) is 31.0 Å². The van der Waals surface area contributed by atoms with E-state index >= 15 is 0 Å². The summed E-state index contributed by atoms with van der Waals surface area (Å²) in [5.74, 6) is -0.641. The normalized spacial score (nSPS) is 21.9. The second-order valence-corrected chi connectivity index (χ2v) is 9.00. The van der Waals surface area contributed by atoms with E-state index < -0.39 is 17.7 Å². The molecule has 3 amide bonds. The number of fused-ring (bicyclic) bond motifs is 2. The lowest BCUT2D eigenvalue weighted by Gasteiger charge is -2.43. The van der Waals surface area contributed by atoms with Crippen molar-refractivity contribution in [1.29, 1.82) is 0 Å². The molecule has 7 heteroatoms. The lowest BCUT2D eigenvalue weighted by atomic mass is 9.87. The fourth-order valence-electron chi connectivity index (χ4n) is 4.62. The Morgan fingerprint density at radius 2 is 1.84 bits per heavy atom. The number of nitrogens with one attached hydrogen (secondary N) is 2. The molecule has 32 heavy (non-hydrogen) atoms. The fraction of sp³-hybridized carbons (Fsp3) is 0.200. The molecular formula is C25H22BrN3O3. The number of aryl methyl sites for hydroxylation is 1. The molecule has 0 unspecified atom stereocenters. The number of nitrogens with zero attached hydrogens (tertiary/aromatic N) is 1. The number of aliphatic hydroxyl groups is 1. The van der Waals surface area contributed by atoms with Crippen LogP contribution in [0.4, 0.5) is 16.2 Å². The highest BCUT2D eigenvalue weighted by atomic mass is 79.9. The predicted molar refractivity (Wildman–Crippen MR) is 126 cm³/mol. The van der Waals surface area contributed by atoms with Gasteiger partial charge in [0.05, 0.1) is 11.7 Å². The average molecular weight is 492 g/mol. The highest BCUT2D eigenvalue weighted by molar-refractivity contribution is 9.10. The Balaban J connectivity index is 1.61. The summed E-state index contributed by atoms with van der Waals surface area (Å²) in [6.45, 7) is 0. The van der Waals surface area contributed by atoms with Crippen molar-refractivity contribution in [2.75, 3.05) is 10.2 Å². The Bertz CT molecular complexity index is 1200. The van der Waals surface area contributed by atoms with E-state index in [2.05, 4.69) is 32.6 Å². The van der Waals surface area contributed by atoms with Crippen LogP contribution in [0.15, 0.2) is 77.3 Å².